The zero-order chi connectivity index (χ0) is 24.7. The number of fused-ring (bicyclic) bond motifs is 3. The lowest BCUT2D eigenvalue weighted by Crippen LogP contribution is -2.61. The van der Waals surface area contributed by atoms with E-state index in [0.717, 1.165) is 27.6 Å². The Labute approximate surface area is 209 Å². The van der Waals surface area contributed by atoms with Crippen LogP contribution >= 0.6 is 0 Å². The lowest BCUT2D eigenvalue weighted by atomic mass is 9.57. The summed E-state index contributed by atoms with van der Waals surface area (Å²) in [4.78, 5) is 31.5. The predicted molar refractivity (Wildman–Crippen MR) is 137 cm³/mol. The highest BCUT2D eigenvalue weighted by atomic mass is 16.5. The van der Waals surface area contributed by atoms with E-state index in [2.05, 4.69) is 4.90 Å². The number of methoxy groups -OCH3 is 1. The van der Waals surface area contributed by atoms with Crippen molar-refractivity contribution in [1.82, 2.24) is 4.90 Å². The Morgan fingerprint density at radius 3 is 2.36 bits per heavy atom. The average molecular weight is 476 g/mol. The van der Waals surface area contributed by atoms with E-state index in [-0.39, 0.29) is 24.1 Å². The topological polar surface area (TPSA) is 55.8 Å². The Morgan fingerprint density at radius 1 is 0.861 bits per heavy atom. The van der Waals surface area contributed by atoms with Crippen LogP contribution in [-0.4, -0.2) is 43.8 Å². The lowest BCUT2D eigenvalue weighted by Gasteiger charge is -2.48. The summed E-state index contributed by atoms with van der Waals surface area (Å²) >= 11 is 0. The SMILES string of the molecule is COc1ccc([C@@H]2CN(C)C3(C(=O)c4cccc5cccc3c45)[C@]23COc2ccccc2C3=O)cc1. The van der Waals surface area contributed by atoms with Gasteiger partial charge < -0.3 is 9.47 Å². The molecule has 2 spiro atoms. The van der Waals surface area contributed by atoms with Crippen molar-refractivity contribution in [2.45, 2.75) is 11.5 Å². The van der Waals surface area contributed by atoms with Crippen LogP contribution in [0, 0.1) is 5.41 Å². The molecule has 0 saturated carbocycles. The molecule has 4 aromatic rings. The number of nitrogens with zero attached hydrogens (tertiary/aromatic N) is 1. The minimum atomic E-state index is -1.18. The Morgan fingerprint density at radius 2 is 1.58 bits per heavy atom. The molecular weight excluding hydrogens is 450 g/mol. The third kappa shape index (κ3) is 2.34. The van der Waals surface area contributed by atoms with Crippen molar-refractivity contribution >= 4 is 22.3 Å². The van der Waals surface area contributed by atoms with Crippen molar-refractivity contribution < 1.29 is 19.1 Å². The van der Waals surface area contributed by atoms with Crippen LogP contribution in [0.1, 0.15) is 37.8 Å². The number of carbonyl (C=O) groups excluding carboxylic acids is 2. The van der Waals surface area contributed by atoms with Crippen LogP contribution in [0.15, 0.2) is 84.9 Å². The molecular formula is C31H25NO4. The molecule has 5 nitrogen and oxygen atoms in total. The predicted octanol–water partition coefficient (Wildman–Crippen LogP) is 5.23. The lowest BCUT2D eigenvalue weighted by molar-refractivity contribution is 0.00829. The first-order valence-electron chi connectivity index (χ1n) is 12.2. The van der Waals surface area contributed by atoms with E-state index in [4.69, 9.17) is 9.47 Å². The number of Topliss-reactive ketones (excluding diaryl/α,β-unsaturated/α-hetero) is 2. The number of hydrogen-bond acceptors (Lipinski definition) is 5. The smallest absolute Gasteiger partial charge is 0.189 e. The number of para-hydroxylation sites is 1. The van der Waals surface area contributed by atoms with Gasteiger partial charge in [0.25, 0.3) is 0 Å². The maximum atomic E-state index is 14.8. The van der Waals surface area contributed by atoms with Gasteiger partial charge in [-0.05, 0) is 53.2 Å². The van der Waals surface area contributed by atoms with Crippen LogP contribution in [-0.2, 0) is 5.54 Å². The fraction of sp³-hybridized carbons (Fsp3) is 0.226. The Kier molecular flexibility index (Phi) is 4.31. The van der Waals surface area contributed by atoms with E-state index in [0.29, 0.717) is 23.4 Å². The normalized spacial score (nSPS) is 26.6. The molecule has 0 radical (unpaired) electrons. The molecule has 1 aliphatic carbocycles. The molecule has 4 aromatic carbocycles. The third-order valence-electron chi connectivity index (χ3n) is 8.65. The van der Waals surface area contributed by atoms with Gasteiger partial charge in [0.1, 0.15) is 29.1 Å². The van der Waals surface area contributed by atoms with Crippen molar-refractivity contribution in [2.24, 2.45) is 5.41 Å². The van der Waals surface area contributed by atoms with Gasteiger partial charge in [0.05, 0.1) is 12.7 Å². The molecule has 0 aromatic heterocycles. The molecule has 7 rings (SSSR count). The van der Waals surface area contributed by atoms with Crippen LogP contribution in [0.5, 0.6) is 11.5 Å². The van der Waals surface area contributed by atoms with Gasteiger partial charge in [0, 0.05) is 18.0 Å². The number of rotatable bonds is 2. The molecule has 3 atom stereocenters. The van der Waals surface area contributed by atoms with Gasteiger partial charge >= 0.3 is 0 Å². The summed E-state index contributed by atoms with van der Waals surface area (Å²) in [6.07, 6.45) is 0. The first-order valence-corrected chi connectivity index (χ1v) is 12.2. The Balaban J connectivity index is 1.55. The number of benzene rings is 4. The molecule has 0 bridgehead atoms. The van der Waals surface area contributed by atoms with Gasteiger partial charge in [-0.25, -0.2) is 0 Å². The summed E-state index contributed by atoms with van der Waals surface area (Å²) in [6, 6.07) is 27.2. The van der Waals surface area contributed by atoms with E-state index in [1.807, 2.05) is 92.0 Å². The maximum Gasteiger partial charge on any atom is 0.189 e. The van der Waals surface area contributed by atoms with E-state index in [1.165, 1.54) is 0 Å². The summed E-state index contributed by atoms with van der Waals surface area (Å²) in [5.74, 6) is 1.01. The van der Waals surface area contributed by atoms with Crippen molar-refractivity contribution in [3.8, 4) is 11.5 Å². The quantitative estimate of drug-likeness (QED) is 0.397. The van der Waals surface area contributed by atoms with Crippen molar-refractivity contribution in [3.05, 3.63) is 107 Å². The van der Waals surface area contributed by atoms with E-state index >= 15 is 0 Å². The highest BCUT2D eigenvalue weighted by Gasteiger charge is 2.74. The second-order valence-corrected chi connectivity index (χ2v) is 10.0. The molecule has 0 amide bonds. The minimum Gasteiger partial charge on any atom is -0.497 e. The fourth-order valence-electron chi connectivity index (χ4n) is 7.16. The largest absolute Gasteiger partial charge is 0.497 e. The zero-order valence-electron chi connectivity index (χ0n) is 20.2. The van der Waals surface area contributed by atoms with E-state index < -0.39 is 11.0 Å². The van der Waals surface area contributed by atoms with Crippen LogP contribution in [0.2, 0.25) is 0 Å². The summed E-state index contributed by atoms with van der Waals surface area (Å²) in [7, 11) is 3.61. The molecule has 36 heavy (non-hydrogen) atoms. The number of likely N-dealkylation sites (N-methyl/N-ethyl adjacent to an activating group) is 1. The summed E-state index contributed by atoms with van der Waals surface area (Å²) in [6.45, 7) is 0.666. The second kappa shape index (κ2) is 7.28. The van der Waals surface area contributed by atoms with Gasteiger partial charge in [-0.1, -0.05) is 60.7 Å². The van der Waals surface area contributed by atoms with Crippen molar-refractivity contribution in [2.75, 3.05) is 27.3 Å². The molecule has 3 aliphatic rings. The van der Waals surface area contributed by atoms with Crippen LogP contribution in [0.4, 0.5) is 0 Å². The molecule has 178 valence electrons. The highest BCUT2D eigenvalue weighted by Crippen LogP contribution is 2.65. The van der Waals surface area contributed by atoms with Gasteiger partial charge in [0.15, 0.2) is 11.6 Å². The molecule has 1 fully saturated rings. The summed E-state index contributed by atoms with van der Waals surface area (Å²) in [5.41, 5.74) is 0.784. The number of carbonyl (C=O) groups is 2. The van der Waals surface area contributed by atoms with Gasteiger partial charge in [0.2, 0.25) is 0 Å². The summed E-state index contributed by atoms with van der Waals surface area (Å²) in [5, 5.41) is 1.95. The molecule has 2 heterocycles. The van der Waals surface area contributed by atoms with Crippen LogP contribution < -0.4 is 9.47 Å². The second-order valence-electron chi connectivity index (χ2n) is 10.0. The molecule has 1 saturated heterocycles. The number of ether oxygens (including phenoxy) is 2. The fourth-order valence-corrected chi connectivity index (χ4v) is 7.16. The monoisotopic (exact) mass is 475 g/mol. The van der Waals surface area contributed by atoms with Gasteiger partial charge in [-0.3, -0.25) is 14.5 Å². The molecule has 5 heteroatoms. The first-order chi connectivity index (χ1) is 17.5. The minimum absolute atomic E-state index is 0.0239. The number of ketones is 2. The van der Waals surface area contributed by atoms with Crippen molar-refractivity contribution in [1.29, 1.82) is 0 Å². The van der Waals surface area contributed by atoms with Gasteiger partial charge in [-0.15, -0.1) is 0 Å². The van der Waals surface area contributed by atoms with Crippen LogP contribution in [0.3, 0.4) is 0 Å². The molecule has 1 unspecified atom stereocenters. The molecule has 2 aliphatic heterocycles. The summed E-state index contributed by atoms with van der Waals surface area (Å²) < 4.78 is 11.8. The first kappa shape index (κ1) is 21.3. The zero-order valence-corrected chi connectivity index (χ0v) is 20.2. The van der Waals surface area contributed by atoms with E-state index in [9.17, 15) is 9.59 Å². The van der Waals surface area contributed by atoms with E-state index in [1.54, 1.807) is 7.11 Å². The average Bonchev–Trinajstić information content (AvgIpc) is 3.34. The number of likely N-dealkylation sites (tertiary alicyclic amines) is 1. The van der Waals surface area contributed by atoms with Gasteiger partial charge in [-0.2, -0.15) is 0 Å². The van der Waals surface area contributed by atoms with Crippen LogP contribution in [0.25, 0.3) is 10.8 Å². The maximum absolute atomic E-state index is 14.8. The Bertz CT molecular complexity index is 1570. The molecule has 0 N–H and O–H groups in total. The number of hydrogen-bond donors (Lipinski definition) is 0. The Hall–Kier alpha value is -3.96. The third-order valence-corrected chi connectivity index (χ3v) is 8.65. The standard InChI is InChI=1S/C31H25NO4/c1-32-17-25(19-13-15-21(35-2)16-14-19)30(18-36-26-12-4-3-9-22(26)28(30)33)31(32)24-11-6-8-20-7-5-10-23(27(20)24)29(31)34/h3-16,25H,17-18H2,1-2H3/t25-,30+,31?/m0/s1. The van der Waals surface area contributed by atoms with Crippen molar-refractivity contribution in [3.63, 3.8) is 0 Å². The highest BCUT2D eigenvalue weighted by molar-refractivity contribution is 6.24.